The molecule has 0 spiro atoms. The highest BCUT2D eigenvalue weighted by molar-refractivity contribution is 5.37. The average molecular weight is 260 g/mol. The SMILES string of the molecule is CCCN1CCC(CN)(c2ccc(C)cc2C)CC1. The predicted octanol–water partition coefficient (Wildman–Crippen LogP) is 3.01. The van der Waals surface area contributed by atoms with E-state index in [9.17, 15) is 0 Å². The van der Waals surface area contributed by atoms with Crippen LogP contribution in [0, 0.1) is 13.8 Å². The lowest BCUT2D eigenvalue weighted by Crippen LogP contribution is -2.47. The number of piperidine rings is 1. The summed E-state index contributed by atoms with van der Waals surface area (Å²) in [6, 6.07) is 6.84. The first-order chi connectivity index (χ1) is 9.11. The fraction of sp³-hybridized carbons (Fsp3) is 0.647. The molecule has 0 aliphatic carbocycles. The van der Waals surface area contributed by atoms with E-state index in [-0.39, 0.29) is 5.41 Å². The number of benzene rings is 1. The first-order valence-corrected chi connectivity index (χ1v) is 7.61. The van der Waals surface area contributed by atoms with Gasteiger partial charge >= 0.3 is 0 Å². The molecule has 106 valence electrons. The minimum absolute atomic E-state index is 0.210. The highest BCUT2D eigenvalue weighted by Crippen LogP contribution is 2.36. The van der Waals surface area contributed by atoms with Crippen LogP contribution in [0.15, 0.2) is 18.2 Å². The van der Waals surface area contributed by atoms with Crippen molar-refractivity contribution in [3.63, 3.8) is 0 Å². The fourth-order valence-corrected chi connectivity index (χ4v) is 3.51. The lowest BCUT2D eigenvalue weighted by atomic mass is 9.71. The molecule has 0 aromatic heterocycles. The summed E-state index contributed by atoms with van der Waals surface area (Å²) < 4.78 is 0. The Labute approximate surface area is 118 Å². The molecular formula is C17H28N2. The summed E-state index contributed by atoms with van der Waals surface area (Å²) >= 11 is 0. The van der Waals surface area contributed by atoms with E-state index in [1.54, 1.807) is 0 Å². The molecule has 2 nitrogen and oxygen atoms in total. The molecule has 0 amide bonds. The van der Waals surface area contributed by atoms with Crippen molar-refractivity contribution in [2.75, 3.05) is 26.2 Å². The number of rotatable bonds is 4. The van der Waals surface area contributed by atoms with Crippen molar-refractivity contribution < 1.29 is 0 Å². The number of nitrogens with zero attached hydrogens (tertiary/aromatic N) is 1. The molecule has 2 N–H and O–H groups in total. The quantitative estimate of drug-likeness (QED) is 0.901. The van der Waals surface area contributed by atoms with Crippen molar-refractivity contribution in [3.8, 4) is 0 Å². The zero-order valence-electron chi connectivity index (χ0n) is 12.7. The van der Waals surface area contributed by atoms with E-state index in [4.69, 9.17) is 5.73 Å². The monoisotopic (exact) mass is 260 g/mol. The number of hydrogen-bond donors (Lipinski definition) is 1. The summed E-state index contributed by atoms with van der Waals surface area (Å²) in [6.45, 7) is 11.0. The number of hydrogen-bond acceptors (Lipinski definition) is 2. The van der Waals surface area contributed by atoms with Crippen LogP contribution >= 0.6 is 0 Å². The van der Waals surface area contributed by atoms with Crippen LogP contribution in [0.25, 0.3) is 0 Å². The molecular weight excluding hydrogens is 232 g/mol. The summed E-state index contributed by atoms with van der Waals surface area (Å²) in [4.78, 5) is 2.58. The summed E-state index contributed by atoms with van der Waals surface area (Å²) in [5, 5.41) is 0. The van der Waals surface area contributed by atoms with Gasteiger partial charge in [-0.05, 0) is 63.9 Å². The first-order valence-electron chi connectivity index (χ1n) is 7.61. The minimum atomic E-state index is 0.210. The normalized spacial score (nSPS) is 19.6. The topological polar surface area (TPSA) is 29.3 Å². The number of nitrogens with two attached hydrogens (primary N) is 1. The van der Waals surface area contributed by atoms with E-state index in [1.807, 2.05) is 0 Å². The van der Waals surface area contributed by atoms with Crippen molar-refractivity contribution in [2.45, 2.75) is 45.4 Å². The smallest absolute Gasteiger partial charge is 0.0102 e. The van der Waals surface area contributed by atoms with E-state index < -0.39 is 0 Å². The Bertz CT molecular complexity index is 417. The molecule has 0 bridgehead atoms. The van der Waals surface area contributed by atoms with E-state index in [0.29, 0.717) is 0 Å². The Morgan fingerprint density at radius 3 is 2.42 bits per heavy atom. The molecule has 0 unspecified atom stereocenters. The minimum Gasteiger partial charge on any atom is -0.330 e. The van der Waals surface area contributed by atoms with Crippen molar-refractivity contribution in [3.05, 3.63) is 34.9 Å². The molecule has 0 radical (unpaired) electrons. The fourth-order valence-electron chi connectivity index (χ4n) is 3.51. The molecule has 1 fully saturated rings. The van der Waals surface area contributed by atoms with Crippen LogP contribution in [0.1, 0.15) is 42.9 Å². The summed E-state index contributed by atoms with van der Waals surface area (Å²) in [5.41, 5.74) is 10.6. The Hall–Kier alpha value is -0.860. The average Bonchev–Trinajstić information content (AvgIpc) is 2.40. The van der Waals surface area contributed by atoms with Crippen molar-refractivity contribution >= 4 is 0 Å². The number of aryl methyl sites for hydroxylation is 2. The van der Waals surface area contributed by atoms with Gasteiger partial charge in [0.15, 0.2) is 0 Å². The van der Waals surface area contributed by atoms with Gasteiger partial charge in [0.1, 0.15) is 0 Å². The van der Waals surface area contributed by atoms with Crippen molar-refractivity contribution in [1.29, 1.82) is 0 Å². The van der Waals surface area contributed by atoms with Crippen LogP contribution in [0.2, 0.25) is 0 Å². The van der Waals surface area contributed by atoms with Gasteiger partial charge in [-0.2, -0.15) is 0 Å². The summed E-state index contributed by atoms with van der Waals surface area (Å²) in [7, 11) is 0. The van der Waals surface area contributed by atoms with Crippen LogP contribution < -0.4 is 5.73 Å². The maximum absolute atomic E-state index is 6.18. The molecule has 0 atom stereocenters. The van der Waals surface area contributed by atoms with Crippen LogP contribution in [0.5, 0.6) is 0 Å². The molecule has 1 aromatic rings. The third-order valence-corrected chi connectivity index (χ3v) is 4.70. The number of likely N-dealkylation sites (tertiary alicyclic amines) is 1. The Morgan fingerprint density at radius 2 is 1.89 bits per heavy atom. The van der Waals surface area contributed by atoms with Gasteiger partial charge in [-0.1, -0.05) is 30.7 Å². The second-order valence-electron chi connectivity index (χ2n) is 6.14. The largest absolute Gasteiger partial charge is 0.330 e. The third-order valence-electron chi connectivity index (χ3n) is 4.70. The Balaban J connectivity index is 2.20. The third kappa shape index (κ3) is 3.01. The molecule has 1 aliphatic rings. The van der Waals surface area contributed by atoms with Gasteiger partial charge in [-0.3, -0.25) is 0 Å². The van der Waals surface area contributed by atoms with Gasteiger partial charge in [0, 0.05) is 12.0 Å². The van der Waals surface area contributed by atoms with Gasteiger partial charge < -0.3 is 10.6 Å². The van der Waals surface area contributed by atoms with Gasteiger partial charge in [0.05, 0.1) is 0 Å². The first kappa shape index (κ1) is 14.5. The molecule has 19 heavy (non-hydrogen) atoms. The lowest BCUT2D eigenvalue weighted by Gasteiger charge is -2.42. The van der Waals surface area contributed by atoms with E-state index in [2.05, 4.69) is 43.9 Å². The second-order valence-corrected chi connectivity index (χ2v) is 6.14. The van der Waals surface area contributed by atoms with Gasteiger partial charge in [0.25, 0.3) is 0 Å². The molecule has 1 aliphatic heterocycles. The Kier molecular flexibility index (Phi) is 4.64. The molecule has 1 heterocycles. The van der Waals surface area contributed by atoms with E-state index in [1.165, 1.54) is 55.6 Å². The molecule has 2 heteroatoms. The van der Waals surface area contributed by atoms with E-state index in [0.717, 1.165) is 6.54 Å². The van der Waals surface area contributed by atoms with Crippen molar-refractivity contribution in [1.82, 2.24) is 4.90 Å². The predicted molar refractivity (Wildman–Crippen MR) is 82.6 cm³/mol. The van der Waals surface area contributed by atoms with Crippen LogP contribution in [0.4, 0.5) is 0 Å². The van der Waals surface area contributed by atoms with Gasteiger partial charge in [-0.25, -0.2) is 0 Å². The molecule has 1 aromatic carbocycles. The maximum Gasteiger partial charge on any atom is 0.0102 e. The Morgan fingerprint density at radius 1 is 1.21 bits per heavy atom. The van der Waals surface area contributed by atoms with Crippen LogP contribution in [-0.2, 0) is 5.41 Å². The van der Waals surface area contributed by atoms with Crippen LogP contribution in [0.3, 0.4) is 0 Å². The second kappa shape index (κ2) is 6.06. The lowest BCUT2D eigenvalue weighted by molar-refractivity contribution is 0.162. The van der Waals surface area contributed by atoms with Crippen molar-refractivity contribution in [2.24, 2.45) is 5.73 Å². The molecule has 1 saturated heterocycles. The highest BCUT2D eigenvalue weighted by atomic mass is 15.1. The van der Waals surface area contributed by atoms with Gasteiger partial charge in [0.2, 0.25) is 0 Å². The summed E-state index contributed by atoms with van der Waals surface area (Å²) in [6.07, 6.45) is 3.65. The zero-order chi connectivity index (χ0) is 13.9. The van der Waals surface area contributed by atoms with Gasteiger partial charge in [-0.15, -0.1) is 0 Å². The van der Waals surface area contributed by atoms with Crippen LogP contribution in [-0.4, -0.2) is 31.1 Å². The van der Waals surface area contributed by atoms with E-state index >= 15 is 0 Å². The molecule has 2 rings (SSSR count). The standard InChI is InChI=1S/C17H28N2/c1-4-9-19-10-7-17(13-18,8-11-19)16-6-5-14(2)12-15(16)3/h5-6,12H,4,7-11,13,18H2,1-3H3. The zero-order valence-corrected chi connectivity index (χ0v) is 12.7. The maximum atomic E-state index is 6.18. The highest BCUT2D eigenvalue weighted by Gasteiger charge is 2.35. The molecule has 0 saturated carbocycles. The summed E-state index contributed by atoms with van der Waals surface area (Å²) in [5.74, 6) is 0.